The molecule has 20 heavy (non-hydrogen) atoms. The van der Waals surface area contributed by atoms with Gasteiger partial charge in [-0.1, -0.05) is 64.5 Å². The molecule has 0 aromatic heterocycles. The van der Waals surface area contributed by atoms with Crippen molar-refractivity contribution in [2.75, 3.05) is 25.2 Å². The van der Waals surface area contributed by atoms with Gasteiger partial charge in [0.15, 0.2) is 0 Å². The number of rotatable bonds is 8. The molecule has 2 aromatic rings. The van der Waals surface area contributed by atoms with E-state index in [1.165, 1.54) is 5.56 Å². The molecule has 0 aliphatic heterocycles. The molecule has 0 radical (unpaired) electrons. The van der Waals surface area contributed by atoms with Gasteiger partial charge in [0, 0.05) is 11.2 Å². The molecule has 0 aliphatic carbocycles. The van der Waals surface area contributed by atoms with Crippen LogP contribution < -0.4 is 4.74 Å². The molecule has 0 amide bonds. The maximum Gasteiger partial charge on any atom is 0.119 e. The summed E-state index contributed by atoms with van der Waals surface area (Å²) in [6, 6.07) is 20.2. The minimum Gasteiger partial charge on any atom is -0.491 e. The van der Waals surface area contributed by atoms with Gasteiger partial charge in [0.1, 0.15) is 12.4 Å². The van der Waals surface area contributed by atoms with Gasteiger partial charge in [-0.05, 0) is 17.7 Å². The van der Waals surface area contributed by atoms with E-state index in [4.69, 9.17) is 9.47 Å². The summed E-state index contributed by atoms with van der Waals surface area (Å²) in [6.07, 6.45) is 0. The van der Waals surface area contributed by atoms with E-state index in [9.17, 15) is 0 Å². The minimum atomic E-state index is 0.382. The molecule has 3 heteroatoms. The Balaban J connectivity index is 1.67. The van der Waals surface area contributed by atoms with Crippen LogP contribution in [0.1, 0.15) is 11.5 Å². The lowest BCUT2D eigenvalue weighted by Crippen LogP contribution is -2.13. The Hall–Kier alpha value is -1.32. The Morgan fingerprint density at radius 3 is 2.15 bits per heavy atom. The van der Waals surface area contributed by atoms with Crippen molar-refractivity contribution in [2.24, 2.45) is 0 Å². The third-order valence-corrected chi connectivity index (χ3v) is 3.80. The number of hydrogen-bond acceptors (Lipinski definition) is 2. The molecule has 0 saturated carbocycles. The van der Waals surface area contributed by atoms with Crippen molar-refractivity contribution in [2.45, 2.75) is 5.92 Å². The van der Waals surface area contributed by atoms with Gasteiger partial charge in [0.05, 0.1) is 13.2 Å². The monoisotopic (exact) mass is 334 g/mol. The van der Waals surface area contributed by atoms with E-state index in [1.807, 2.05) is 36.4 Å². The third-order valence-electron chi connectivity index (χ3n) is 3.02. The van der Waals surface area contributed by atoms with Crippen LogP contribution in [0.5, 0.6) is 5.75 Å². The van der Waals surface area contributed by atoms with Crippen LogP contribution in [-0.2, 0) is 4.74 Å². The highest BCUT2D eigenvalue weighted by Crippen LogP contribution is 2.18. The molecule has 0 N–H and O–H groups in total. The van der Waals surface area contributed by atoms with Crippen LogP contribution >= 0.6 is 15.9 Å². The molecule has 2 nitrogen and oxygen atoms in total. The van der Waals surface area contributed by atoms with E-state index in [2.05, 4.69) is 40.2 Å². The number of halogens is 1. The second-order valence-electron chi connectivity index (χ2n) is 4.50. The first-order chi connectivity index (χ1) is 9.90. The van der Waals surface area contributed by atoms with Gasteiger partial charge in [0.2, 0.25) is 0 Å². The lowest BCUT2D eigenvalue weighted by Gasteiger charge is -2.15. The summed E-state index contributed by atoms with van der Waals surface area (Å²) >= 11 is 3.55. The van der Waals surface area contributed by atoms with Gasteiger partial charge in [-0.15, -0.1) is 0 Å². The Kier molecular flexibility index (Phi) is 6.61. The summed E-state index contributed by atoms with van der Waals surface area (Å²) < 4.78 is 11.3. The largest absolute Gasteiger partial charge is 0.491 e. The highest BCUT2D eigenvalue weighted by atomic mass is 79.9. The standard InChI is InChI=1S/C17H19BrO2/c18-13-16(15-7-3-1-4-8-15)14-19-11-12-20-17-9-5-2-6-10-17/h1-10,16H,11-14H2. The second kappa shape index (κ2) is 8.77. The smallest absolute Gasteiger partial charge is 0.119 e. The zero-order valence-corrected chi connectivity index (χ0v) is 13.0. The van der Waals surface area contributed by atoms with Crippen molar-refractivity contribution in [1.82, 2.24) is 0 Å². The summed E-state index contributed by atoms with van der Waals surface area (Å²) in [5, 5.41) is 0.899. The van der Waals surface area contributed by atoms with Crippen molar-refractivity contribution >= 4 is 15.9 Å². The average molecular weight is 335 g/mol. The normalized spacial score (nSPS) is 12.1. The number of ether oxygens (including phenoxy) is 2. The Bertz CT molecular complexity index is 473. The fraction of sp³-hybridized carbons (Fsp3) is 0.294. The average Bonchev–Trinajstić information content (AvgIpc) is 2.53. The Morgan fingerprint density at radius 1 is 0.850 bits per heavy atom. The molecule has 106 valence electrons. The first kappa shape index (κ1) is 15.1. The van der Waals surface area contributed by atoms with Crippen LogP contribution in [0.4, 0.5) is 0 Å². The van der Waals surface area contributed by atoms with Crippen molar-refractivity contribution in [1.29, 1.82) is 0 Å². The lowest BCUT2D eigenvalue weighted by molar-refractivity contribution is 0.0930. The van der Waals surface area contributed by atoms with Gasteiger partial charge in [-0.25, -0.2) is 0 Å². The van der Waals surface area contributed by atoms with Gasteiger partial charge >= 0.3 is 0 Å². The predicted molar refractivity (Wildman–Crippen MR) is 85.7 cm³/mol. The predicted octanol–water partition coefficient (Wildman–Crippen LogP) is 4.26. The Morgan fingerprint density at radius 2 is 1.50 bits per heavy atom. The zero-order valence-electron chi connectivity index (χ0n) is 11.4. The highest BCUT2D eigenvalue weighted by Gasteiger charge is 2.09. The highest BCUT2D eigenvalue weighted by molar-refractivity contribution is 9.09. The summed E-state index contributed by atoms with van der Waals surface area (Å²) in [5.74, 6) is 1.27. The molecular weight excluding hydrogens is 316 g/mol. The molecule has 0 saturated heterocycles. The van der Waals surface area contributed by atoms with Crippen LogP contribution in [0, 0.1) is 0 Å². The second-order valence-corrected chi connectivity index (χ2v) is 5.15. The molecule has 0 fully saturated rings. The summed E-state index contributed by atoms with van der Waals surface area (Å²) in [4.78, 5) is 0. The number of para-hydroxylation sites is 1. The van der Waals surface area contributed by atoms with Gasteiger partial charge in [-0.3, -0.25) is 0 Å². The number of alkyl halides is 1. The van der Waals surface area contributed by atoms with Gasteiger partial charge in [0.25, 0.3) is 0 Å². The van der Waals surface area contributed by atoms with Gasteiger partial charge in [-0.2, -0.15) is 0 Å². The Labute approximate surface area is 128 Å². The molecule has 0 aliphatic rings. The van der Waals surface area contributed by atoms with E-state index in [1.54, 1.807) is 0 Å². The van der Waals surface area contributed by atoms with Crippen molar-refractivity contribution in [3.63, 3.8) is 0 Å². The summed E-state index contributed by atoms with van der Waals surface area (Å²) in [7, 11) is 0. The molecule has 2 rings (SSSR count). The first-order valence-electron chi connectivity index (χ1n) is 6.76. The minimum absolute atomic E-state index is 0.382. The van der Waals surface area contributed by atoms with Crippen molar-refractivity contribution in [3.8, 4) is 5.75 Å². The van der Waals surface area contributed by atoms with Crippen LogP contribution in [0.15, 0.2) is 60.7 Å². The zero-order chi connectivity index (χ0) is 14.0. The van der Waals surface area contributed by atoms with Crippen molar-refractivity contribution < 1.29 is 9.47 Å². The van der Waals surface area contributed by atoms with Crippen LogP contribution in [0.3, 0.4) is 0 Å². The summed E-state index contributed by atoms with van der Waals surface area (Å²) in [6.45, 7) is 1.88. The molecule has 2 aromatic carbocycles. The molecule has 1 unspecified atom stereocenters. The fourth-order valence-corrected chi connectivity index (χ4v) is 2.48. The third kappa shape index (κ3) is 4.99. The maximum absolute atomic E-state index is 5.71. The van der Waals surface area contributed by atoms with E-state index in [0.717, 1.165) is 11.1 Å². The molecule has 0 bridgehead atoms. The van der Waals surface area contributed by atoms with Crippen LogP contribution in [0.25, 0.3) is 0 Å². The SMILES string of the molecule is BrCC(COCCOc1ccccc1)c1ccccc1. The lowest BCUT2D eigenvalue weighted by atomic mass is 10.0. The molecule has 0 heterocycles. The molecule has 0 spiro atoms. The molecular formula is C17H19BrO2. The first-order valence-corrected chi connectivity index (χ1v) is 7.89. The van der Waals surface area contributed by atoms with Gasteiger partial charge < -0.3 is 9.47 Å². The van der Waals surface area contributed by atoms with E-state index >= 15 is 0 Å². The van der Waals surface area contributed by atoms with Crippen LogP contribution in [0.2, 0.25) is 0 Å². The van der Waals surface area contributed by atoms with Crippen molar-refractivity contribution in [3.05, 3.63) is 66.2 Å². The van der Waals surface area contributed by atoms with Crippen LogP contribution in [-0.4, -0.2) is 25.2 Å². The quantitative estimate of drug-likeness (QED) is 0.530. The van der Waals surface area contributed by atoms with E-state index in [0.29, 0.717) is 25.7 Å². The van der Waals surface area contributed by atoms with E-state index < -0.39 is 0 Å². The number of hydrogen-bond donors (Lipinski definition) is 0. The number of benzene rings is 2. The summed E-state index contributed by atoms with van der Waals surface area (Å²) in [5.41, 5.74) is 1.30. The van der Waals surface area contributed by atoms with E-state index in [-0.39, 0.29) is 0 Å². The maximum atomic E-state index is 5.71. The molecule has 1 atom stereocenters. The topological polar surface area (TPSA) is 18.5 Å². The fourth-order valence-electron chi connectivity index (χ4n) is 1.92.